The number of likely N-dealkylation sites (tertiary alicyclic amines) is 1. The fourth-order valence-corrected chi connectivity index (χ4v) is 2.93. The molecule has 124 valence electrons. The first-order valence-electron chi connectivity index (χ1n) is 8.09. The summed E-state index contributed by atoms with van der Waals surface area (Å²) < 4.78 is 10.7. The fraction of sp³-hybridized carbons (Fsp3) is 0.529. The van der Waals surface area contributed by atoms with Crippen LogP contribution in [0, 0.1) is 5.92 Å². The number of benzene rings is 1. The van der Waals surface area contributed by atoms with E-state index in [1.165, 1.54) is 0 Å². The summed E-state index contributed by atoms with van der Waals surface area (Å²) in [6.45, 7) is 3.94. The Labute approximate surface area is 135 Å². The number of oxazole rings is 1. The van der Waals surface area contributed by atoms with Crippen LogP contribution < -0.4 is 5.32 Å². The Bertz CT molecular complexity index is 622. The van der Waals surface area contributed by atoms with Crippen LogP contribution in [-0.4, -0.2) is 55.7 Å². The maximum Gasteiger partial charge on any atom is 0.224 e. The van der Waals surface area contributed by atoms with Gasteiger partial charge in [-0.2, -0.15) is 0 Å². The molecule has 0 saturated carbocycles. The quantitative estimate of drug-likeness (QED) is 0.837. The first-order chi connectivity index (χ1) is 11.3. The molecule has 1 atom stereocenters. The Morgan fingerprint density at radius 3 is 3.17 bits per heavy atom. The molecule has 1 aliphatic heterocycles. The number of carbonyl (C=O) groups excluding carboxylic acids is 1. The first-order valence-corrected chi connectivity index (χ1v) is 8.09. The van der Waals surface area contributed by atoms with Crippen LogP contribution >= 0.6 is 0 Å². The zero-order chi connectivity index (χ0) is 16.1. The van der Waals surface area contributed by atoms with E-state index >= 15 is 0 Å². The summed E-state index contributed by atoms with van der Waals surface area (Å²) in [6, 6.07) is 7.69. The number of hydrogen-bond acceptors (Lipinski definition) is 5. The predicted molar refractivity (Wildman–Crippen MR) is 87.1 cm³/mol. The van der Waals surface area contributed by atoms with Crippen LogP contribution in [0.15, 0.2) is 28.7 Å². The third-order valence-electron chi connectivity index (χ3n) is 4.23. The van der Waals surface area contributed by atoms with Crippen molar-refractivity contribution in [2.45, 2.75) is 12.8 Å². The van der Waals surface area contributed by atoms with E-state index < -0.39 is 0 Å². The molecule has 1 aromatic carbocycles. The van der Waals surface area contributed by atoms with Crippen molar-refractivity contribution in [2.75, 3.05) is 39.9 Å². The number of carbonyl (C=O) groups is 1. The van der Waals surface area contributed by atoms with Gasteiger partial charge in [0.1, 0.15) is 5.52 Å². The average molecular weight is 317 g/mol. The third-order valence-corrected chi connectivity index (χ3v) is 4.23. The van der Waals surface area contributed by atoms with Crippen molar-refractivity contribution >= 4 is 17.0 Å². The molecule has 1 amide bonds. The Morgan fingerprint density at radius 2 is 2.35 bits per heavy atom. The molecule has 2 heterocycles. The molecule has 1 aliphatic rings. The molecule has 1 saturated heterocycles. The van der Waals surface area contributed by atoms with Crippen molar-refractivity contribution in [1.82, 2.24) is 15.2 Å². The molecular formula is C17H23N3O3. The minimum Gasteiger partial charge on any atom is -0.441 e. The number of methoxy groups -OCH3 is 1. The van der Waals surface area contributed by atoms with Gasteiger partial charge in [-0.1, -0.05) is 12.1 Å². The van der Waals surface area contributed by atoms with E-state index in [-0.39, 0.29) is 11.8 Å². The second-order valence-corrected chi connectivity index (χ2v) is 5.90. The highest BCUT2D eigenvalue weighted by atomic mass is 16.5. The van der Waals surface area contributed by atoms with Crippen LogP contribution in [0.4, 0.5) is 0 Å². The van der Waals surface area contributed by atoms with Crippen molar-refractivity contribution in [3.63, 3.8) is 0 Å². The van der Waals surface area contributed by atoms with Gasteiger partial charge in [0.2, 0.25) is 5.91 Å². The lowest BCUT2D eigenvalue weighted by molar-refractivity contribution is -0.124. The molecule has 2 aromatic rings. The van der Waals surface area contributed by atoms with Crippen molar-refractivity contribution in [3.8, 4) is 0 Å². The Kier molecular flexibility index (Phi) is 5.25. The van der Waals surface area contributed by atoms with Crippen LogP contribution in [-0.2, 0) is 16.0 Å². The normalized spacial score (nSPS) is 18.6. The Hall–Kier alpha value is -1.92. The van der Waals surface area contributed by atoms with E-state index in [9.17, 15) is 4.79 Å². The lowest BCUT2D eigenvalue weighted by Crippen LogP contribution is -2.34. The predicted octanol–water partition coefficient (Wildman–Crippen LogP) is 1.45. The standard InChI is InChI=1S/C17H23N3O3/c1-22-11-10-20-9-7-13(12-20)17(21)18-8-6-16-19-14-4-2-3-5-15(14)23-16/h2-5,13H,6-12H2,1H3,(H,18,21). The number of para-hydroxylation sites is 2. The third kappa shape index (κ3) is 4.09. The van der Waals surface area contributed by atoms with Crippen LogP contribution in [0.5, 0.6) is 0 Å². The number of nitrogens with one attached hydrogen (secondary N) is 1. The minimum absolute atomic E-state index is 0.0792. The number of ether oxygens (including phenoxy) is 1. The largest absolute Gasteiger partial charge is 0.441 e. The second kappa shape index (κ2) is 7.57. The highest BCUT2D eigenvalue weighted by Crippen LogP contribution is 2.16. The summed E-state index contributed by atoms with van der Waals surface area (Å²) in [6.07, 6.45) is 1.53. The van der Waals surface area contributed by atoms with Crippen LogP contribution in [0.2, 0.25) is 0 Å². The van der Waals surface area contributed by atoms with Crippen LogP contribution in [0.25, 0.3) is 11.1 Å². The maximum absolute atomic E-state index is 12.2. The highest BCUT2D eigenvalue weighted by molar-refractivity contribution is 5.79. The summed E-state index contributed by atoms with van der Waals surface area (Å²) in [7, 11) is 1.70. The fourth-order valence-electron chi connectivity index (χ4n) is 2.93. The summed E-state index contributed by atoms with van der Waals surface area (Å²) in [4.78, 5) is 18.9. The Balaban J connectivity index is 1.42. The summed E-state index contributed by atoms with van der Waals surface area (Å²) in [5, 5.41) is 3.00. The Morgan fingerprint density at radius 1 is 1.48 bits per heavy atom. The van der Waals surface area contributed by atoms with Gasteiger partial charge in [-0.3, -0.25) is 4.79 Å². The molecule has 6 nitrogen and oxygen atoms in total. The van der Waals surface area contributed by atoms with Gasteiger partial charge in [-0.25, -0.2) is 4.98 Å². The molecular weight excluding hydrogens is 294 g/mol. The smallest absolute Gasteiger partial charge is 0.224 e. The van der Waals surface area contributed by atoms with Crippen molar-refractivity contribution in [2.24, 2.45) is 5.92 Å². The monoisotopic (exact) mass is 317 g/mol. The van der Waals surface area contributed by atoms with E-state index in [2.05, 4.69) is 15.2 Å². The number of hydrogen-bond donors (Lipinski definition) is 1. The first kappa shape index (κ1) is 16.0. The van der Waals surface area contributed by atoms with Gasteiger partial charge in [-0.15, -0.1) is 0 Å². The molecule has 6 heteroatoms. The molecule has 0 spiro atoms. The number of fused-ring (bicyclic) bond motifs is 1. The van der Waals surface area contributed by atoms with Crippen molar-refractivity contribution in [1.29, 1.82) is 0 Å². The number of aromatic nitrogens is 1. The lowest BCUT2D eigenvalue weighted by Gasteiger charge is -2.15. The second-order valence-electron chi connectivity index (χ2n) is 5.90. The highest BCUT2D eigenvalue weighted by Gasteiger charge is 2.27. The van der Waals surface area contributed by atoms with Crippen molar-refractivity contribution in [3.05, 3.63) is 30.2 Å². The summed E-state index contributed by atoms with van der Waals surface area (Å²) in [5.41, 5.74) is 1.65. The van der Waals surface area contributed by atoms with E-state index in [1.807, 2.05) is 24.3 Å². The molecule has 0 aliphatic carbocycles. The van der Waals surface area contributed by atoms with Crippen LogP contribution in [0.1, 0.15) is 12.3 Å². The van der Waals surface area contributed by atoms with Gasteiger partial charge in [0.05, 0.1) is 12.5 Å². The zero-order valence-electron chi connectivity index (χ0n) is 13.5. The lowest BCUT2D eigenvalue weighted by atomic mass is 10.1. The van der Waals surface area contributed by atoms with E-state index in [4.69, 9.17) is 9.15 Å². The van der Waals surface area contributed by atoms with Gasteiger partial charge < -0.3 is 19.4 Å². The molecule has 0 radical (unpaired) electrons. The molecule has 3 rings (SSSR count). The minimum atomic E-state index is 0.0792. The number of amides is 1. The van der Waals surface area contributed by atoms with Gasteiger partial charge in [-0.05, 0) is 25.1 Å². The van der Waals surface area contributed by atoms with Gasteiger partial charge in [0, 0.05) is 33.2 Å². The SMILES string of the molecule is COCCN1CCC(C(=O)NCCc2nc3ccccc3o2)C1. The average Bonchev–Trinajstić information content (AvgIpc) is 3.19. The molecule has 1 fully saturated rings. The maximum atomic E-state index is 12.2. The molecule has 0 bridgehead atoms. The molecule has 1 N–H and O–H groups in total. The number of nitrogens with zero attached hydrogens (tertiary/aromatic N) is 2. The van der Waals surface area contributed by atoms with Gasteiger partial charge in [0.15, 0.2) is 11.5 Å². The van der Waals surface area contributed by atoms with E-state index in [0.717, 1.165) is 37.2 Å². The van der Waals surface area contributed by atoms with E-state index in [0.29, 0.717) is 25.5 Å². The molecule has 1 unspecified atom stereocenters. The topological polar surface area (TPSA) is 67.6 Å². The molecule has 23 heavy (non-hydrogen) atoms. The molecule has 1 aromatic heterocycles. The summed E-state index contributed by atoms with van der Waals surface area (Å²) in [5.74, 6) is 0.871. The van der Waals surface area contributed by atoms with Crippen molar-refractivity contribution < 1.29 is 13.9 Å². The van der Waals surface area contributed by atoms with Gasteiger partial charge in [0.25, 0.3) is 0 Å². The van der Waals surface area contributed by atoms with Crippen LogP contribution in [0.3, 0.4) is 0 Å². The van der Waals surface area contributed by atoms with Gasteiger partial charge >= 0.3 is 0 Å². The summed E-state index contributed by atoms with van der Waals surface area (Å²) >= 11 is 0. The number of rotatable bonds is 7. The van der Waals surface area contributed by atoms with E-state index in [1.54, 1.807) is 7.11 Å². The zero-order valence-corrected chi connectivity index (χ0v) is 13.5.